The van der Waals surface area contributed by atoms with Gasteiger partial charge in [-0.15, -0.1) is 12.3 Å². The van der Waals surface area contributed by atoms with E-state index in [0.29, 0.717) is 22.8 Å². The van der Waals surface area contributed by atoms with Crippen LogP contribution in [0.4, 0.5) is 0 Å². The number of aliphatic hydroxyl groups excluding tert-OH is 1. The monoisotopic (exact) mass is 236 g/mol. The molecule has 17 heavy (non-hydrogen) atoms. The van der Waals surface area contributed by atoms with Crippen molar-refractivity contribution in [3.05, 3.63) is 17.7 Å². The Morgan fingerprint density at radius 1 is 1.18 bits per heavy atom. The van der Waals surface area contributed by atoms with Gasteiger partial charge < -0.3 is 19.3 Å². The van der Waals surface area contributed by atoms with Crippen LogP contribution in [0.25, 0.3) is 0 Å². The van der Waals surface area contributed by atoms with Crippen molar-refractivity contribution >= 4 is 0 Å². The molecule has 0 aliphatic heterocycles. The topological polar surface area (TPSA) is 47.9 Å². The SMILES string of the molecule is C#CCC(O)c1cc(OC)c(OC)c(OC)c1. The number of aliphatic hydroxyl groups is 1. The van der Waals surface area contributed by atoms with Gasteiger partial charge in [0.2, 0.25) is 5.75 Å². The minimum atomic E-state index is -0.742. The van der Waals surface area contributed by atoms with Crippen molar-refractivity contribution < 1.29 is 19.3 Å². The second kappa shape index (κ2) is 6.02. The van der Waals surface area contributed by atoms with Crippen LogP contribution >= 0.6 is 0 Å². The summed E-state index contributed by atoms with van der Waals surface area (Å²) >= 11 is 0. The molecule has 0 fully saturated rings. The zero-order chi connectivity index (χ0) is 12.8. The minimum Gasteiger partial charge on any atom is -0.493 e. The van der Waals surface area contributed by atoms with E-state index < -0.39 is 6.10 Å². The molecule has 1 unspecified atom stereocenters. The number of rotatable bonds is 5. The van der Waals surface area contributed by atoms with Crippen molar-refractivity contribution in [3.63, 3.8) is 0 Å². The molecule has 1 rings (SSSR count). The van der Waals surface area contributed by atoms with Gasteiger partial charge >= 0.3 is 0 Å². The summed E-state index contributed by atoms with van der Waals surface area (Å²) in [5, 5.41) is 9.83. The first-order valence-electron chi connectivity index (χ1n) is 5.09. The molecule has 0 aliphatic rings. The second-order valence-corrected chi connectivity index (χ2v) is 3.38. The molecule has 0 aliphatic carbocycles. The molecule has 92 valence electrons. The lowest BCUT2D eigenvalue weighted by atomic mass is 10.1. The van der Waals surface area contributed by atoms with Gasteiger partial charge in [-0.25, -0.2) is 0 Å². The number of methoxy groups -OCH3 is 3. The van der Waals surface area contributed by atoms with E-state index in [2.05, 4.69) is 5.92 Å². The predicted octanol–water partition coefficient (Wildman–Crippen LogP) is 1.77. The molecule has 0 bridgehead atoms. The third-order valence-electron chi connectivity index (χ3n) is 2.38. The summed E-state index contributed by atoms with van der Waals surface area (Å²) in [6.07, 6.45) is 4.66. The summed E-state index contributed by atoms with van der Waals surface area (Å²) in [5.74, 6) is 3.90. The average molecular weight is 236 g/mol. The molecular formula is C13H16O4. The minimum absolute atomic E-state index is 0.235. The van der Waals surface area contributed by atoms with Gasteiger partial charge in [-0.2, -0.15) is 0 Å². The Hall–Kier alpha value is -1.86. The van der Waals surface area contributed by atoms with Gasteiger partial charge in [-0.05, 0) is 17.7 Å². The molecule has 1 N–H and O–H groups in total. The fraction of sp³-hybridized carbons (Fsp3) is 0.385. The van der Waals surface area contributed by atoms with E-state index in [-0.39, 0.29) is 6.42 Å². The molecular weight excluding hydrogens is 220 g/mol. The van der Waals surface area contributed by atoms with E-state index in [1.807, 2.05) is 0 Å². The maximum atomic E-state index is 9.83. The van der Waals surface area contributed by atoms with Crippen LogP contribution in [-0.4, -0.2) is 26.4 Å². The normalized spacial score (nSPS) is 11.5. The highest BCUT2D eigenvalue weighted by atomic mass is 16.5. The van der Waals surface area contributed by atoms with E-state index in [1.54, 1.807) is 12.1 Å². The first-order chi connectivity index (χ1) is 8.17. The van der Waals surface area contributed by atoms with E-state index >= 15 is 0 Å². The third-order valence-corrected chi connectivity index (χ3v) is 2.38. The predicted molar refractivity (Wildman–Crippen MR) is 64.5 cm³/mol. The van der Waals surface area contributed by atoms with Gasteiger partial charge in [0.05, 0.1) is 27.4 Å². The first-order valence-corrected chi connectivity index (χ1v) is 5.09. The van der Waals surface area contributed by atoms with Crippen LogP contribution in [0.15, 0.2) is 12.1 Å². The highest BCUT2D eigenvalue weighted by Crippen LogP contribution is 2.39. The van der Waals surface area contributed by atoms with Crippen molar-refractivity contribution in [2.45, 2.75) is 12.5 Å². The molecule has 0 radical (unpaired) electrons. The van der Waals surface area contributed by atoms with E-state index in [9.17, 15) is 5.11 Å². The Kier molecular flexibility index (Phi) is 4.68. The van der Waals surface area contributed by atoms with Gasteiger partial charge in [0.15, 0.2) is 11.5 Å². The smallest absolute Gasteiger partial charge is 0.203 e. The third kappa shape index (κ3) is 2.83. The Balaban J connectivity index is 3.22. The zero-order valence-electron chi connectivity index (χ0n) is 10.2. The van der Waals surface area contributed by atoms with Gasteiger partial charge in [-0.3, -0.25) is 0 Å². The van der Waals surface area contributed by atoms with Gasteiger partial charge in [0.25, 0.3) is 0 Å². The van der Waals surface area contributed by atoms with Gasteiger partial charge in [0.1, 0.15) is 0 Å². The molecule has 1 atom stereocenters. The summed E-state index contributed by atoms with van der Waals surface area (Å²) in [6, 6.07) is 3.37. The summed E-state index contributed by atoms with van der Waals surface area (Å²) in [6.45, 7) is 0. The van der Waals surface area contributed by atoms with Crippen molar-refractivity contribution in [1.82, 2.24) is 0 Å². The number of terminal acetylenes is 1. The van der Waals surface area contributed by atoms with Gasteiger partial charge in [0, 0.05) is 6.42 Å². The molecule has 4 heteroatoms. The fourth-order valence-corrected chi connectivity index (χ4v) is 1.52. The standard InChI is InChI=1S/C13H16O4/c1-5-6-10(14)9-7-11(15-2)13(17-4)12(8-9)16-3/h1,7-8,10,14H,6H2,2-4H3. The number of hydrogen-bond donors (Lipinski definition) is 1. The molecule has 1 aromatic rings. The number of hydrogen-bond acceptors (Lipinski definition) is 4. The van der Waals surface area contributed by atoms with Crippen molar-refractivity contribution in [2.24, 2.45) is 0 Å². The lowest BCUT2D eigenvalue weighted by molar-refractivity contribution is 0.182. The molecule has 1 aromatic carbocycles. The van der Waals surface area contributed by atoms with E-state index in [1.165, 1.54) is 21.3 Å². The van der Waals surface area contributed by atoms with Crippen LogP contribution in [0.2, 0.25) is 0 Å². The van der Waals surface area contributed by atoms with Crippen LogP contribution in [-0.2, 0) is 0 Å². The average Bonchev–Trinajstić information content (AvgIpc) is 2.37. The maximum absolute atomic E-state index is 9.83. The van der Waals surface area contributed by atoms with Crippen molar-refractivity contribution in [2.75, 3.05) is 21.3 Å². The molecule has 0 saturated heterocycles. The highest BCUT2D eigenvalue weighted by molar-refractivity contribution is 5.54. The quantitative estimate of drug-likeness (QED) is 0.791. The lowest BCUT2D eigenvalue weighted by Crippen LogP contribution is -2.01. The van der Waals surface area contributed by atoms with Crippen LogP contribution < -0.4 is 14.2 Å². The van der Waals surface area contributed by atoms with Crippen molar-refractivity contribution in [1.29, 1.82) is 0 Å². The number of ether oxygens (including phenoxy) is 3. The van der Waals surface area contributed by atoms with Crippen LogP contribution in [0.5, 0.6) is 17.2 Å². The summed E-state index contributed by atoms with van der Waals surface area (Å²) in [7, 11) is 4.57. The van der Waals surface area contributed by atoms with E-state index in [0.717, 1.165) is 0 Å². The van der Waals surface area contributed by atoms with Gasteiger partial charge in [-0.1, -0.05) is 0 Å². The number of benzene rings is 1. The second-order valence-electron chi connectivity index (χ2n) is 3.38. The molecule has 0 aromatic heterocycles. The Morgan fingerprint density at radius 3 is 2.06 bits per heavy atom. The molecule has 0 saturated carbocycles. The lowest BCUT2D eigenvalue weighted by Gasteiger charge is -2.16. The Bertz CT molecular complexity index is 395. The maximum Gasteiger partial charge on any atom is 0.203 e. The van der Waals surface area contributed by atoms with E-state index in [4.69, 9.17) is 20.6 Å². The molecule has 0 amide bonds. The van der Waals surface area contributed by atoms with Crippen LogP contribution in [0.1, 0.15) is 18.1 Å². The first kappa shape index (κ1) is 13.2. The van der Waals surface area contributed by atoms with Crippen LogP contribution in [0.3, 0.4) is 0 Å². The Morgan fingerprint density at radius 2 is 1.71 bits per heavy atom. The highest BCUT2D eigenvalue weighted by Gasteiger charge is 2.16. The summed E-state index contributed by atoms with van der Waals surface area (Å²) in [4.78, 5) is 0. The Labute approximate surface area is 101 Å². The molecule has 0 spiro atoms. The van der Waals surface area contributed by atoms with Crippen molar-refractivity contribution in [3.8, 4) is 29.6 Å². The fourth-order valence-electron chi connectivity index (χ4n) is 1.52. The summed E-state index contributed by atoms with van der Waals surface area (Å²) < 4.78 is 15.5. The largest absolute Gasteiger partial charge is 0.493 e. The molecule has 0 heterocycles. The summed E-state index contributed by atoms with van der Waals surface area (Å²) in [5.41, 5.74) is 0.637. The molecule has 4 nitrogen and oxygen atoms in total. The zero-order valence-corrected chi connectivity index (χ0v) is 10.2. The van der Waals surface area contributed by atoms with Crippen LogP contribution in [0, 0.1) is 12.3 Å².